The van der Waals surface area contributed by atoms with Crippen molar-refractivity contribution >= 4 is 23.1 Å². The molecule has 0 unspecified atom stereocenters. The third-order valence-electron chi connectivity index (χ3n) is 3.31. The number of ketones is 1. The van der Waals surface area contributed by atoms with Crippen molar-refractivity contribution in [2.24, 2.45) is 0 Å². The van der Waals surface area contributed by atoms with Gasteiger partial charge in [-0.05, 0) is 48.9 Å². The maximum absolute atomic E-state index is 13.5. The molecule has 0 saturated heterocycles. The lowest BCUT2D eigenvalue weighted by Crippen LogP contribution is -1.99. The molecule has 2 rings (SSSR count). The van der Waals surface area contributed by atoms with Crippen LogP contribution < -0.4 is 10.1 Å². The van der Waals surface area contributed by atoms with Crippen LogP contribution in [0.4, 0.5) is 10.1 Å². The fourth-order valence-electron chi connectivity index (χ4n) is 1.96. The Bertz CT molecular complexity index is 714. The summed E-state index contributed by atoms with van der Waals surface area (Å²) in [7, 11) is 0. The molecule has 0 heterocycles. The number of carbonyl (C=O) groups is 1. The molecular formula is C19H19ClFNO2. The number of ether oxygens (including phenoxy) is 1. The molecule has 0 aliphatic heterocycles. The number of anilines is 1. The lowest BCUT2D eigenvalue weighted by molar-refractivity contribution is 0.104. The molecule has 2 aromatic rings. The summed E-state index contributed by atoms with van der Waals surface area (Å²) in [6.07, 6.45) is 4.80. The Morgan fingerprint density at radius 2 is 2.00 bits per heavy atom. The zero-order valence-electron chi connectivity index (χ0n) is 13.4. The molecule has 24 heavy (non-hydrogen) atoms. The number of hydrogen-bond donors (Lipinski definition) is 1. The number of nitrogens with one attached hydrogen (secondary N) is 1. The van der Waals surface area contributed by atoms with Gasteiger partial charge in [0.25, 0.3) is 0 Å². The molecule has 0 fully saturated rings. The van der Waals surface area contributed by atoms with Crippen LogP contribution in [0.25, 0.3) is 0 Å². The van der Waals surface area contributed by atoms with E-state index in [9.17, 15) is 9.18 Å². The quantitative estimate of drug-likeness (QED) is 0.391. The van der Waals surface area contributed by atoms with Gasteiger partial charge in [0, 0.05) is 22.9 Å². The van der Waals surface area contributed by atoms with Crippen LogP contribution in [0.2, 0.25) is 5.02 Å². The van der Waals surface area contributed by atoms with Crippen LogP contribution in [0, 0.1) is 5.82 Å². The number of allylic oxidation sites excluding steroid dienone is 1. The van der Waals surface area contributed by atoms with E-state index in [2.05, 4.69) is 12.2 Å². The van der Waals surface area contributed by atoms with Crippen molar-refractivity contribution < 1.29 is 13.9 Å². The Morgan fingerprint density at radius 3 is 2.71 bits per heavy atom. The number of carbonyl (C=O) groups excluding carboxylic acids is 1. The average Bonchev–Trinajstić information content (AvgIpc) is 2.58. The Hall–Kier alpha value is -2.33. The summed E-state index contributed by atoms with van der Waals surface area (Å²) in [4.78, 5) is 12.1. The zero-order valence-corrected chi connectivity index (χ0v) is 14.1. The summed E-state index contributed by atoms with van der Waals surface area (Å²) in [5.74, 6) is 0.109. The van der Waals surface area contributed by atoms with E-state index in [0.29, 0.717) is 17.2 Å². The van der Waals surface area contributed by atoms with E-state index in [0.717, 1.165) is 18.6 Å². The second-order valence-corrected chi connectivity index (χ2v) is 5.63. The molecule has 0 atom stereocenters. The summed E-state index contributed by atoms with van der Waals surface area (Å²) in [5, 5.41) is 3.13. The molecule has 0 spiro atoms. The number of unbranched alkanes of at least 4 members (excludes halogenated alkanes) is 1. The van der Waals surface area contributed by atoms with E-state index in [1.54, 1.807) is 24.3 Å². The normalized spacial score (nSPS) is 10.8. The second kappa shape index (κ2) is 9.08. The first kappa shape index (κ1) is 18.0. The highest BCUT2D eigenvalue weighted by atomic mass is 35.5. The van der Waals surface area contributed by atoms with Crippen LogP contribution in [-0.2, 0) is 0 Å². The summed E-state index contributed by atoms with van der Waals surface area (Å²) in [5.41, 5.74) is 0.744. The Balaban J connectivity index is 1.93. The summed E-state index contributed by atoms with van der Waals surface area (Å²) >= 11 is 5.80. The van der Waals surface area contributed by atoms with Crippen LogP contribution in [-0.4, -0.2) is 12.4 Å². The summed E-state index contributed by atoms with van der Waals surface area (Å²) < 4.78 is 19.1. The first-order valence-corrected chi connectivity index (χ1v) is 8.13. The van der Waals surface area contributed by atoms with Gasteiger partial charge in [-0.3, -0.25) is 4.79 Å². The third kappa shape index (κ3) is 5.39. The molecular weight excluding hydrogens is 329 g/mol. The first-order chi connectivity index (χ1) is 11.6. The van der Waals surface area contributed by atoms with Crippen LogP contribution in [0.5, 0.6) is 5.75 Å². The molecule has 0 radical (unpaired) electrons. The predicted octanol–water partition coefficient (Wildman–Crippen LogP) is 5.47. The van der Waals surface area contributed by atoms with E-state index in [1.807, 2.05) is 0 Å². The number of rotatable bonds is 8. The minimum Gasteiger partial charge on any atom is -0.494 e. The standard InChI is InChI=1S/C19H19ClFNO2/c1-2-3-12-24-16-7-4-14(5-8-16)19(23)10-11-22-18-13-15(20)6-9-17(18)21/h4-11,13,22H,2-3,12H2,1H3/b11-10+. The van der Waals surface area contributed by atoms with Crippen LogP contribution in [0.3, 0.4) is 0 Å². The predicted molar refractivity (Wildman–Crippen MR) is 95.3 cm³/mol. The summed E-state index contributed by atoms with van der Waals surface area (Å²) in [6.45, 7) is 2.76. The number of benzene rings is 2. The summed E-state index contributed by atoms with van der Waals surface area (Å²) in [6, 6.07) is 11.1. The highest BCUT2D eigenvalue weighted by Crippen LogP contribution is 2.19. The molecule has 0 saturated carbocycles. The van der Waals surface area contributed by atoms with Crippen molar-refractivity contribution in [2.45, 2.75) is 19.8 Å². The minimum absolute atomic E-state index is 0.190. The largest absolute Gasteiger partial charge is 0.494 e. The minimum atomic E-state index is -0.440. The van der Waals surface area contributed by atoms with Gasteiger partial charge in [-0.2, -0.15) is 0 Å². The smallest absolute Gasteiger partial charge is 0.187 e. The molecule has 0 aromatic heterocycles. The van der Waals surface area contributed by atoms with Crippen molar-refractivity contribution in [3.05, 3.63) is 71.1 Å². The van der Waals surface area contributed by atoms with Gasteiger partial charge in [0.15, 0.2) is 5.78 Å². The first-order valence-electron chi connectivity index (χ1n) is 7.75. The van der Waals surface area contributed by atoms with Gasteiger partial charge >= 0.3 is 0 Å². The average molecular weight is 348 g/mol. The highest BCUT2D eigenvalue weighted by molar-refractivity contribution is 6.30. The van der Waals surface area contributed by atoms with E-state index >= 15 is 0 Å². The lowest BCUT2D eigenvalue weighted by atomic mass is 10.1. The van der Waals surface area contributed by atoms with Crippen molar-refractivity contribution in [3.8, 4) is 5.75 Å². The van der Waals surface area contributed by atoms with Gasteiger partial charge in [-0.15, -0.1) is 0 Å². The van der Waals surface area contributed by atoms with Gasteiger partial charge in [0.1, 0.15) is 11.6 Å². The van der Waals surface area contributed by atoms with E-state index < -0.39 is 5.82 Å². The molecule has 0 amide bonds. The lowest BCUT2D eigenvalue weighted by Gasteiger charge is -2.05. The molecule has 0 aliphatic carbocycles. The fourth-order valence-corrected chi connectivity index (χ4v) is 2.13. The molecule has 2 aromatic carbocycles. The second-order valence-electron chi connectivity index (χ2n) is 5.19. The van der Waals surface area contributed by atoms with Crippen molar-refractivity contribution in [2.75, 3.05) is 11.9 Å². The maximum Gasteiger partial charge on any atom is 0.187 e. The third-order valence-corrected chi connectivity index (χ3v) is 3.54. The monoisotopic (exact) mass is 347 g/mol. The van der Waals surface area contributed by atoms with Crippen LogP contribution >= 0.6 is 11.6 Å². The van der Waals surface area contributed by atoms with Crippen molar-refractivity contribution in [1.82, 2.24) is 0 Å². The van der Waals surface area contributed by atoms with Crippen molar-refractivity contribution in [1.29, 1.82) is 0 Å². The van der Waals surface area contributed by atoms with E-state index in [4.69, 9.17) is 16.3 Å². The fraction of sp³-hybridized carbons (Fsp3) is 0.211. The van der Waals surface area contributed by atoms with Gasteiger partial charge < -0.3 is 10.1 Å². The van der Waals surface area contributed by atoms with E-state index in [-0.39, 0.29) is 11.5 Å². The molecule has 0 aliphatic rings. The Kier molecular flexibility index (Phi) is 6.82. The Labute approximate surface area is 146 Å². The van der Waals surface area contributed by atoms with Crippen LogP contribution in [0.1, 0.15) is 30.1 Å². The highest BCUT2D eigenvalue weighted by Gasteiger charge is 2.03. The maximum atomic E-state index is 13.5. The SMILES string of the molecule is CCCCOc1ccc(C(=O)/C=C/Nc2cc(Cl)ccc2F)cc1. The Morgan fingerprint density at radius 1 is 1.25 bits per heavy atom. The molecule has 5 heteroatoms. The van der Waals surface area contributed by atoms with Crippen LogP contribution in [0.15, 0.2) is 54.7 Å². The van der Waals surface area contributed by atoms with Gasteiger partial charge in [-0.1, -0.05) is 24.9 Å². The van der Waals surface area contributed by atoms with E-state index in [1.165, 1.54) is 30.5 Å². The molecule has 0 bridgehead atoms. The molecule has 126 valence electrons. The molecule has 1 N–H and O–H groups in total. The zero-order chi connectivity index (χ0) is 17.4. The van der Waals surface area contributed by atoms with Crippen molar-refractivity contribution in [3.63, 3.8) is 0 Å². The number of hydrogen-bond acceptors (Lipinski definition) is 3. The number of halogens is 2. The molecule has 3 nitrogen and oxygen atoms in total. The topological polar surface area (TPSA) is 38.3 Å². The van der Waals surface area contributed by atoms with Gasteiger partial charge in [0.05, 0.1) is 12.3 Å². The van der Waals surface area contributed by atoms with Gasteiger partial charge in [0.2, 0.25) is 0 Å². The van der Waals surface area contributed by atoms with Gasteiger partial charge in [-0.25, -0.2) is 4.39 Å².